The summed E-state index contributed by atoms with van der Waals surface area (Å²) in [5.74, 6) is -0.636. The van der Waals surface area contributed by atoms with E-state index in [1.165, 1.54) is 23.1 Å². The van der Waals surface area contributed by atoms with Crippen molar-refractivity contribution < 1.29 is 27.4 Å². The molecule has 21 heavy (non-hydrogen) atoms. The van der Waals surface area contributed by atoms with Gasteiger partial charge in [0.05, 0.1) is 12.1 Å². The van der Waals surface area contributed by atoms with Crippen molar-refractivity contribution in [1.82, 2.24) is 4.57 Å². The molecule has 0 aromatic heterocycles. The van der Waals surface area contributed by atoms with E-state index in [9.17, 15) is 15.0 Å². The largest absolute Gasteiger partial charge is 1.00 e. The molecule has 2 heterocycles. The number of carbonyl (C=O) groups excluding carboxylic acids is 1. The fraction of sp³-hybridized carbons (Fsp3) is 0.0667. The van der Waals surface area contributed by atoms with Gasteiger partial charge in [0.25, 0.3) is 0 Å². The van der Waals surface area contributed by atoms with Gasteiger partial charge in [-0.15, -0.1) is 0 Å². The monoisotopic (exact) mass is 321 g/mol. The second kappa shape index (κ2) is 6.11. The number of fused-ring (bicyclic) bond motifs is 1. The third kappa shape index (κ3) is 3.15. The van der Waals surface area contributed by atoms with Crippen LogP contribution in [0.3, 0.4) is 0 Å². The van der Waals surface area contributed by atoms with Gasteiger partial charge in [0.15, 0.2) is 22.7 Å². The number of halogens is 1. The number of aromatic nitrogens is 1. The van der Waals surface area contributed by atoms with Gasteiger partial charge < -0.3 is 27.2 Å². The summed E-state index contributed by atoms with van der Waals surface area (Å²) in [6, 6.07) is 8.08. The molecule has 0 unspecified atom stereocenters. The Morgan fingerprint density at radius 3 is 2.71 bits per heavy atom. The minimum atomic E-state index is -0.283. The summed E-state index contributed by atoms with van der Waals surface area (Å²) in [5.41, 5.74) is 1.47. The first-order valence-electron chi connectivity index (χ1n) is 6.05. The molecule has 2 aliphatic rings. The van der Waals surface area contributed by atoms with Crippen LogP contribution in [0.4, 0.5) is 0 Å². The molecule has 2 aliphatic heterocycles. The van der Waals surface area contributed by atoms with Gasteiger partial charge >= 0.3 is 0 Å². The number of aromatic hydroxyl groups is 2. The number of thiophene rings is 1. The number of phenols is 2. The lowest BCUT2D eigenvalue weighted by Gasteiger charge is -2.07. The topological polar surface area (TPSA) is 62.5 Å². The fourth-order valence-electron chi connectivity index (χ4n) is 2.01. The molecule has 2 N–H and O–H groups in total. The smallest absolute Gasteiger partial charge is 0.241 e. The minimum Gasteiger partial charge on any atom is -1.00 e. The maximum absolute atomic E-state index is 12.1. The van der Waals surface area contributed by atoms with Gasteiger partial charge in [-0.25, -0.2) is 0 Å². The molecule has 6 heteroatoms. The molecule has 0 aliphatic carbocycles. The van der Waals surface area contributed by atoms with Crippen LogP contribution in [0.25, 0.3) is 10.4 Å². The Bertz CT molecular complexity index is 756. The van der Waals surface area contributed by atoms with E-state index < -0.39 is 0 Å². The van der Waals surface area contributed by atoms with Gasteiger partial charge in [0.2, 0.25) is 16.2 Å². The lowest BCUT2D eigenvalue weighted by atomic mass is 10.1. The van der Waals surface area contributed by atoms with Crippen molar-refractivity contribution in [3.05, 3.63) is 53.7 Å². The Balaban J connectivity index is 0.00000161. The molecular weight excluding hydrogens is 310 g/mol. The lowest BCUT2D eigenvalue weighted by molar-refractivity contribution is -0.0000136. The van der Waals surface area contributed by atoms with Crippen LogP contribution in [-0.4, -0.2) is 20.6 Å². The molecule has 0 saturated carbocycles. The van der Waals surface area contributed by atoms with E-state index in [0.717, 1.165) is 5.56 Å². The van der Waals surface area contributed by atoms with E-state index in [-0.39, 0.29) is 36.2 Å². The summed E-state index contributed by atoms with van der Waals surface area (Å²) >= 11 is 1.66. The number of ketones is 1. The zero-order valence-electron chi connectivity index (χ0n) is 10.9. The molecule has 108 valence electrons. The third-order valence-electron chi connectivity index (χ3n) is 3.07. The SMILES string of the molecule is O=C(Cn1ccc2[s+]ccc-2c1)c1ccc(O)c(O)c1.[Cl-]. The van der Waals surface area contributed by atoms with E-state index in [1.807, 2.05) is 29.9 Å². The molecular formula is C15H12ClNO3S. The van der Waals surface area contributed by atoms with Gasteiger partial charge in [0, 0.05) is 30.1 Å². The normalized spacial score (nSPS) is 10.3. The molecule has 0 radical (unpaired) electrons. The minimum absolute atomic E-state index is 0. The quantitative estimate of drug-likeness (QED) is 0.412. The van der Waals surface area contributed by atoms with Crippen LogP contribution in [0.2, 0.25) is 0 Å². The Kier molecular flexibility index (Phi) is 4.45. The summed E-state index contributed by atoms with van der Waals surface area (Å²) in [5, 5.41) is 20.7. The average molecular weight is 322 g/mol. The summed E-state index contributed by atoms with van der Waals surface area (Å²) in [4.78, 5) is 13.3. The molecule has 1 aromatic rings. The Morgan fingerprint density at radius 1 is 1.14 bits per heavy atom. The molecule has 4 nitrogen and oxygen atoms in total. The van der Waals surface area contributed by atoms with Crippen molar-refractivity contribution in [1.29, 1.82) is 0 Å². The Labute approximate surface area is 131 Å². The zero-order valence-corrected chi connectivity index (χ0v) is 12.4. The summed E-state index contributed by atoms with van der Waals surface area (Å²) < 4.78 is 1.81. The van der Waals surface area contributed by atoms with E-state index in [4.69, 9.17) is 0 Å². The maximum atomic E-state index is 12.1. The highest BCUT2D eigenvalue weighted by atomic mass is 35.5. The van der Waals surface area contributed by atoms with Gasteiger partial charge in [-0.3, -0.25) is 4.79 Å². The number of phenolic OH excluding ortho intramolecular Hbond substituents is 2. The molecule has 3 rings (SSSR count). The zero-order chi connectivity index (χ0) is 14.1. The van der Waals surface area contributed by atoms with Crippen molar-refractivity contribution in [2.24, 2.45) is 0 Å². The summed E-state index contributed by atoms with van der Waals surface area (Å²) in [6.45, 7) is 0.190. The second-order valence-electron chi connectivity index (χ2n) is 4.48. The van der Waals surface area contributed by atoms with Crippen LogP contribution < -0.4 is 12.4 Å². The van der Waals surface area contributed by atoms with Crippen LogP contribution >= 0.6 is 11.3 Å². The second-order valence-corrected chi connectivity index (χ2v) is 5.43. The Hall–Kier alpha value is -2.11. The van der Waals surface area contributed by atoms with E-state index in [0.29, 0.717) is 5.56 Å². The van der Waals surface area contributed by atoms with Gasteiger partial charge in [-0.1, -0.05) is 0 Å². The number of pyridine rings is 1. The first-order chi connectivity index (χ1) is 9.63. The van der Waals surface area contributed by atoms with Crippen molar-refractivity contribution in [3.63, 3.8) is 0 Å². The average Bonchev–Trinajstić information content (AvgIpc) is 2.89. The molecule has 0 fully saturated rings. The van der Waals surface area contributed by atoms with Crippen molar-refractivity contribution in [2.45, 2.75) is 6.54 Å². The third-order valence-corrected chi connectivity index (χ3v) is 3.97. The number of nitrogens with zero attached hydrogens (tertiary/aromatic N) is 1. The van der Waals surface area contributed by atoms with Crippen molar-refractivity contribution >= 4 is 17.1 Å². The molecule has 0 amide bonds. The molecule has 0 bridgehead atoms. The standard InChI is InChI=1S/C15H11NO3S.ClH/c17-12-2-1-10(7-13(12)18)14(19)9-16-5-3-15-11(8-16)4-6-20-15;/h1-8H,9H2,(H-,17,18,19);1H. The highest BCUT2D eigenvalue weighted by Crippen LogP contribution is 2.27. The molecule has 0 spiro atoms. The van der Waals surface area contributed by atoms with Crippen molar-refractivity contribution in [2.75, 3.05) is 0 Å². The van der Waals surface area contributed by atoms with Gasteiger partial charge in [0.1, 0.15) is 0 Å². The van der Waals surface area contributed by atoms with Crippen LogP contribution in [-0.2, 0) is 6.54 Å². The predicted octanol–water partition coefficient (Wildman–Crippen LogP) is 0.234. The predicted molar refractivity (Wildman–Crippen MR) is 77.4 cm³/mol. The number of hydrogen-bond acceptors (Lipinski definition) is 3. The lowest BCUT2D eigenvalue weighted by Crippen LogP contribution is -3.00. The van der Waals surface area contributed by atoms with E-state index in [1.54, 1.807) is 15.9 Å². The van der Waals surface area contributed by atoms with E-state index in [2.05, 4.69) is 0 Å². The van der Waals surface area contributed by atoms with Crippen LogP contribution in [0.15, 0.2) is 48.1 Å². The van der Waals surface area contributed by atoms with Gasteiger partial charge in [-0.05, 0) is 18.2 Å². The van der Waals surface area contributed by atoms with Crippen molar-refractivity contribution in [3.8, 4) is 21.9 Å². The number of Topliss-reactive ketones (excluding diaryl/α,β-unsaturated/α-hetero) is 1. The highest BCUT2D eigenvalue weighted by Gasteiger charge is 2.15. The van der Waals surface area contributed by atoms with Crippen LogP contribution in [0, 0.1) is 0 Å². The number of carbonyl (C=O) groups is 1. The summed E-state index contributed by atoms with van der Waals surface area (Å²) in [7, 11) is 0. The van der Waals surface area contributed by atoms with Crippen LogP contribution in [0.1, 0.15) is 10.4 Å². The molecule has 0 saturated heterocycles. The summed E-state index contributed by atoms with van der Waals surface area (Å²) in [6.07, 6.45) is 3.78. The Morgan fingerprint density at radius 2 is 1.95 bits per heavy atom. The number of hydrogen-bond donors (Lipinski definition) is 2. The number of rotatable bonds is 3. The van der Waals surface area contributed by atoms with E-state index >= 15 is 0 Å². The maximum Gasteiger partial charge on any atom is 0.241 e. The fourth-order valence-corrected chi connectivity index (χ4v) is 2.77. The molecule has 0 atom stereocenters. The highest BCUT2D eigenvalue weighted by molar-refractivity contribution is 7.13. The van der Waals surface area contributed by atoms with Crippen LogP contribution in [0.5, 0.6) is 11.5 Å². The molecule has 1 aromatic carbocycles. The first-order valence-corrected chi connectivity index (χ1v) is 6.93. The number of benzene rings is 1. The first kappa shape index (κ1) is 15.3. The van der Waals surface area contributed by atoms with Gasteiger partial charge in [-0.2, -0.15) is 0 Å².